The van der Waals surface area contributed by atoms with E-state index in [-0.39, 0.29) is 6.10 Å². The van der Waals surface area contributed by atoms with Crippen LogP contribution in [0.2, 0.25) is 0 Å². The van der Waals surface area contributed by atoms with Gasteiger partial charge in [0.1, 0.15) is 0 Å². The molecule has 1 aromatic heterocycles. The van der Waals surface area contributed by atoms with Crippen molar-refractivity contribution in [3.05, 3.63) is 30.1 Å². The van der Waals surface area contributed by atoms with E-state index in [9.17, 15) is 5.11 Å². The summed E-state index contributed by atoms with van der Waals surface area (Å²) in [5.74, 6) is 0. The van der Waals surface area contributed by atoms with Crippen molar-refractivity contribution in [1.29, 1.82) is 0 Å². The Labute approximate surface area is 95.7 Å². The van der Waals surface area contributed by atoms with Crippen molar-refractivity contribution < 1.29 is 5.11 Å². The Kier molecular flexibility index (Phi) is 2.97. The lowest BCUT2D eigenvalue weighted by molar-refractivity contribution is 0.195. The number of aromatic nitrogens is 2. The molecule has 0 saturated carbocycles. The first kappa shape index (κ1) is 11.1. The number of hydrogen-bond donors (Lipinski definition) is 1. The third kappa shape index (κ3) is 2.09. The van der Waals surface area contributed by atoms with Crippen LogP contribution in [0.3, 0.4) is 0 Å². The fourth-order valence-corrected chi connectivity index (χ4v) is 1.96. The van der Waals surface area contributed by atoms with E-state index in [4.69, 9.17) is 0 Å². The van der Waals surface area contributed by atoms with Gasteiger partial charge in [-0.05, 0) is 44.9 Å². The largest absolute Gasteiger partial charge is 0.393 e. The van der Waals surface area contributed by atoms with E-state index in [1.807, 2.05) is 6.33 Å². The quantitative estimate of drug-likeness (QED) is 0.859. The Morgan fingerprint density at radius 2 is 2.06 bits per heavy atom. The van der Waals surface area contributed by atoms with Gasteiger partial charge in [0.25, 0.3) is 0 Å². The van der Waals surface area contributed by atoms with Gasteiger partial charge in [0, 0.05) is 6.04 Å². The van der Waals surface area contributed by atoms with Gasteiger partial charge in [-0.15, -0.1) is 0 Å². The average Bonchev–Trinajstić information content (AvgIpc) is 2.59. The van der Waals surface area contributed by atoms with Gasteiger partial charge in [-0.3, -0.25) is 0 Å². The number of fused-ring (bicyclic) bond motifs is 1. The van der Waals surface area contributed by atoms with Crippen molar-refractivity contribution in [2.75, 3.05) is 0 Å². The maximum atomic E-state index is 9.35. The highest BCUT2D eigenvalue weighted by Gasteiger charge is 2.07. The molecule has 2 aromatic rings. The Morgan fingerprint density at radius 1 is 1.31 bits per heavy atom. The van der Waals surface area contributed by atoms with Gasteiger partial charge in [-0.25, -0.2) is 4.98 Å². The van der Waals surface area contributed by atoms with E-state index in [0.717, 1.165) is 16.6 Å². The molecule has 0 amide bonds. The van der Waals surface area contributed by atoms with Crippen molar-refractivity contribution in [2.45, 2.75) is 39.3 Å². The summed E-state index contributed by atoms with van der Waals surface area (Å²) in [7, 11) is 0. The zero-order valence-electron chi connectivity index (χ0n) is 10.0. The molecule has 0 fully saturated rings. The fourth-order valence-electron chi connectivity index (χ4n) is 1.96. The fraction of sp³-hybridized carbons (Fsp3) is 0.462. The molecular formula is C13H18N2O. The number of rotatable bonds is 3. The number of aliphatic hydroxyl groups excluding tert-OH is 1. The smallest absolute Gasteiger partial charge is 0.0960 e. The highest BCUT2D eigenvalue weighted by Crippen LogP contribution is 2.19. The summed E-state index contributed by atoms with van der Waals surface area (Å²) in [6, 6.07) is 6.63. The molecule has 1 atom stereocenters. The number of hydrogen-bond acceptors (Lipinski definition) is 2. The van der Waals surface area contributed by atoms with Gasteiger partial charge in [0.15, 0.2) is 0 Å². The van der Waals surface area contributed by atoms with Gasteiger partial charge in [-0.2, -0.15) is 0 Å². The molecule has 16 heavy (non-hydrogen) atoms. The molecule has 86 valence electrons. The normalized spacial score (nSPS) is 13.6. The summed E-state index contributed by atoms with van der Waals surface area (Å²) in [5.41, 5.74) is 3.30. The van der Waals surface area contributed by atoms with Gasteiger partial charge >= 0.3 is 0 Å². The maximum Gasteiger partial charge on any atom is 0.0960 e. The summed E-state index contributed by atoms with van der Waals surface area (Å²) in [5, 5.41) is 9.35. The van der Waals surface area contributed by atoms with Gasteiger partial charge in [0.2, 0.25) is 0 Å². The molecular weight excluding hydrogens is 200 g/mol. The van der Waals surface area contributed by atoms with Crippen LogP contribution in [0.1, 0.15) is 32.4 Å². The number of aliphatic hydroxyl groups is 1. The molecule has 0 radical (unpaired) electrons. The van der Waals surface area contributed by atoms with E-state index >= 15 is 0 Å². The summed E-state index contributed by atoms with van der Waals surface area (Å²) >= 11 is 0. The second-order valence-corrected chi connectivity index (χ2v) is 4.62. The first-order valence-electron chi connectivity index (χ1n) is 5.71. The minimum Gasteiger partial charge on any atom is -0.393 e. The number of nitrogens with zero attached hydrogens (tertiary/aromatic N) is 2. The lowest BCUT2D eigenvalue weighted by Gasteiger charge is -2.08. The highest BCUT2D eigenvalue weighted by molar-refractivity contribution is 5.76. The summed E-state index contributed by atoms with van der Waals surface area (Å²) in [4.78, 5) is 4.39. The SMILES string of the molecule is CC(O)Cc1ccc2c(c1)ncn2C(C)C. The monoisotopic (exact) mass is 218 g/mol. The molecule has 0 aliphatic rings. The second-order valence-electron chi connectivity index (χ2n) is 4.62. The third-order valence-corrected chi connectivity index (χ3v) is 2.73. The highest BCUT2D eigenvalue weighted by atomic mass is 16.3. The second kappa shape index (κ2) is 4.26. The lowest BCUT2D eigenvalue weighted by atomic mass is 10.1. The topological polar surface area (TPSA) is 38.1 Å². The Hall–Kier alpha value is -1.35. The standard InChI is InChI=1S/C13H18N2O/c1-9(2)15-8-14-12-7-11(6-10(3)16)4-5-13(12)15/h4-5,7-10,16H,6H2,1-3H3. The molecule has 3 heteroatoms. The Bertz CT molecular complexity index is 486. The van der Waals surface area contributed by atoms with Crippen LogP contribution in [0, 0.1) is 0 Å². The van der Waals surface area contributed by atoms with Crippen LogP contribution in [0.25, 0.3) is 11.0 Å². The molecule has 0 saturated heterocycles. The molecule has 1 heterocycles. The van der Waals surface area contributed by atoms with Gasteiger partial charge in [0.05, 0.1) is 23.5 Å². The van der Waals surface area contributed by atoms with Crippen LogP contribution >= 0.6 is 0 Å². The minimum atomic E-state index is -0.301. The van der Waals surface area contributed by atoms with Gasteiger partial charge < -0.3 is 9.67 Å². The van der Waals surface area contributed by atoms with E-state index in [0.29, 0.717) is 12.5 Å². The third-order valence-electron chi connectivity index (χ3n) is 2.73. The average molecular weight is 218 g/mol. The number of benzene rings is 1. The molecule has 0 bridgehead atoms. The zero-order valence-corrected chi connectivity index (χ0v) is 10.0. The Balaban J connectivity index is 2.41. The zero-order chi connectivity index (χ0) is 11.7. The van der Waals surface area contributed by atoms with E-state index in [2.05, 4.69) is 41.6 Å². The molecule has 1 unspecified atom stereocenters. The maximum absolute atomic E-state index is 9.35. The van der Waals surface area contributed by atoms with Crippen molar-refractivity contribution in [3.63, 3.8) is 0 Å². The molecule has 2 rings (SSSR count). The first-order valence-corrected chi connectivity index (χ1v) is 5.71. The lowest BCUT2D eigenvalue weighted by Crippen LogP contribution is -2.04. The van der Waals surface area contributed by atoms with E-state index < -0.39 is 0 Å². The minimum absolute atomic E-state index is 0.301. The molecule has 0 aliphatic heterocycles. The summed E-state index contributed by atoms with van der Waals surface area (Å²) in [6.07, 6.45) is 2.26. The van der Waals surface area contributed by atoms with Crippen LogP contribution in [0.4, 0.5) is 0 Å². The van der Waals surface area contributed by atoms with Crippen molar-refractivity contribution in [3.8, 4) is 0 Å². The van der Waals surface area contributed by atoms with Crippen LogP contribution in [-0.2, 0) is 6.42 Å². The molecule has 1 N–H and O–H groups in total. The van der Waals surface area contributed by atoms with Crippen molar-refractivity contribution >= 4 is 11.0 Å². The molecule has 0 aliphatic carbocycles. The molecule has 1 aromatic carbocycles. The van der Waals surface area contributed by atoms with E-state index in [1.165, 1.54) is 0 Å². The van der Waals surface area contributed by atoms with Crippen molar-refractivity contribution in [2.24, 2.45) is 0 Å². The van der Waals surface area contributed by atoms with Crippen LogP contribution in [0.15, 0.2) is 24.5 Å². The van der Waals surface area contributed by atoms with E-state index in [1.54, 1.807) is 6.92 Å². The van der Waals surface area contributed by atoms with Crippen LogP contribution in [0.5, 0.6) is 0 Å². The predicted molar refractivity (Wildman–Crippen MR) is 65.5 cm³/mol. The summed E-state index contributed by atoms with van der Waals surface area (Å²) < 4.78 is 2.15. The number of imidazole rings is 1. The Morgan fingerprint density at radius 3 is 2.69 bits per heavy atom. The summed E-state index contributed by atoms with van der Waals surface area (Å²) in [6.45, 7) is 6.09. The van der Waals surface area contributed by atoms with Gasteiger partial charge in [-0.1, -0.05) is 6.07 Å². The predicted octanol–water partition coefficient (Wildman–Crippen LogP) is 2.54. The first-order chi connectivity index (χ1) is 7.58. The van der Waals surface area contributed by atoms with Crippen LogP contribution in [-0.4, -0.2) is 20.8 Å². The molecule has 0 spiro atoms. The van der Waals surface area contributed by atoms with Crippen LogP contribution < -0.4 is 0 Å². The molecule has 3 nitrogen and oxygen atoms in total. The van der Waals surface area contributed by atoms with Crippen molar-refractivity contribution in [1.82, 2.24) is 9.55 Å².